The van der Waals surface area contributed by atoms with Gasteiger partial charge in [-0.15, -0.1) is 0 Å². The molecule has 0 aliphatic heterocycles. The second-order valence-electron chi connectivity index (χ2n) is 6.59. The van der Waals surface area contributed by atoms with Crippen molar-refractivity contribution in [2.75, 3.05) is 6.61 Å². The van der Waals surface area contributed by atoms with Crippen LogP contribution in [0.15, 0.2) is 30.3 Å². The van der Waals surface area contributed by atoms with Gasteiger partial charge in [0, 0.05) is 22.6 Å². The summed E-state index contributed by atoms with van der Waals surface area (Å²) in [5.74, 6) is -0.250. The first-order chi connectivity index (χ1) is 11.6. The lowest BCUT2D eigenvalue weighted by Gasteiger charge is -2.21. The number of hydrogen-bond donors (Lipinski definition) is 0. The second-order valence-corrected chi connectivity index (χ2v) is 6.59. The van der Waals surface area contributed by atoms with Gasteiger partial charge in [-0.3, -0.25) is 4.79 Å². The predicted molar refractivity (Wildman–Crippen MR) is 92.4 cm³/mol. The van der Waals surface area contributed by atoms with Crippen LogP contribution in [0.3, 0.4) is 0 Å². The summed E-state index contributed by atoms with van der Waals surface area (Å²) in [6.07, 6.45) is 6.00. The smallest absolute Gasteiger partial charge is 0.190 e. The van der Waals surface area contributed by atoms with Crippen molar-refractivity contribution >= 4 is 5.78 Å². The number of aryl methyl sites for hydroxylation is 1. The highest BCUT2D eigenvalue weighted by atomic mass is 19.1. The molecular weight excluding hydrogens is 305 g/mol. The Morgan fingerprint density at radius 1 is 1.17 bits per heavy atom. The van der Waals surface area contributed by atoms with Gasteiger partial charge < -0.3 is 9.30 Å². The Morgan fingerprint density at radius 2 is 1.83 bits per heavy atom. The van der Waals surface area contributed by atoms with Gasteiger partial charge >= 0.3 is 0 Å². The van der Waals surface area contributed by atoms with Crippen LogP contribution in [0.4, 0.5) is 4.39 Å². The van der Waals surface area contributed by atoms with E-state index in [1.165, 1.54) is 31.4 Å². The van der Waals surface area contributed by atoms with Crippen LogP contribution in [-0.2, 0) is 4.74 Å². The summed E-state index contributed by atoms with van der Waals surface area (Å²) in [5.41, 5.74) is 3.38. The maximum Gasteiger partial charge on any atom is 0.190 e. The molecule has 1 saturated carbocycles. The van der Waals surface area contributed by atoms with Crippen LogP contribution in [0, 0.1) is 19.7 Å². The molecular formula is C20H24FNO2. The zero-order valence-corrected chi connectivity index (χ0v) is 14.3. The van der Waals surface area contributed by atoms with Gasteiger partial charge in [-0.05, 0) is 57.0 Å². The third-order valence-electron chi connectivity index (χ3n) is 4.82. The first kappa shape index (κ1) is 16.9. The van der Waals surface area contributed by atoms with Crippen molar-refractivity contribution in [3.63, 3.8) is 0 Å². The molecule has 0 amide bonds. The molecule has 1 aliphatic carbocycles. The van der Waals surface area contributed by atoms with Gasteiger partial charge in [-0.1, -0.05) is 19.3 Å². The Kier molecular flexibility index (Phi) is 5.14. The molecule has 0 bridgehead atoms. The SMILES string of the molecule is Cc1cc(C(=O)COC2CCCCC2)c(C)n1-c1ccc(F)cc1. The van der Waals surface area contributed by atoms with Gasteiger partial charge in [0.05, 0.1) is 6.10 Å². The lowest BCUT2D eigenvalue weighted by atomic mass is 9.98. The molecule has 0 unspecified atom stereocenters. The molecule has 0 spiro atoms. The molecule has 0 radical (unpaired) electrons. The Labute approximate surface area is 142 Å². The lowest BCUT2D eigenvalue weighted by Crippen LogP contribution is -2.21. The van der Waals surface area contributed by atoms with E-state index >= 15 is 0 Å². The van der Waals surface area contributed by atoms with Gasteiger partial charge in [0.1, 0.15) is 12.4 Å². The minimum atomic E-state index is -0.265. The van der Waals surface area contributed by atoms with E-state index in [0.29, 0.717) is 5.56 Å². The molecule has 1 aromatic carbocycles. The van der Waals surface area contributed by atoms with E-state index in [1.807, 2.05) is 24.5 Å². The maximum absolute atomic E-state index is 13.1. The van der Waals surface area contributed by atoms with Crippen LogP contribution < -0.4 is 0 Å². The van der Waals surface area contributed by atoms with E-state index in [9.17, 15) is 9.18 Å². The van der Waals surface area contributed by atoms with E-state index in [4.69, 9.17) is 4.74 Å². The zero-order valence-electron chi connectivity index (χ0n) is 14.3. The number of hydrogen-bond acceptors (Lipinski definition) is 2. The molecule has 1 fully saturated rings. The van der Waals surface area contributed by atoms with Crippen molar-refractivity contribution in [2.24, 2.45) is 0 Å². The molecule has 1 heterocycles. The largest absolute Gasteiger partial charge is 0.370 e. The Morgan fingerprint density at radius 3 is 2.50 bits per heavy atom. The van der Waals surface area contributed by atoms with E-state index < -0.39 is 0 Å². The average Bonchev–Trinajstić information content (AvgIpc) is 2.89. The normalized spacial score (nSPS) is 15.6. The summed E-state index contributed by atoms with van der Waals surface area (Å²) < 4.78 is 20.9. The zero-order chi connectivity index (χ0) is 17.1. The summed E-state index contributed by atoms with van der Waals surface area (Å²) in [6.45, 7) is 4.01. The third-order valence-corrected chi connectivity index (χ3v) is 4.82. The Balaban J connectivity index is 1.75. The highest BCUT2D eigenvalue weighted by Gasteiger charge is 2.19. The first-order valence-corrected chi connectivity index (χ1v) is 8.66. The van der Waals surface area contributed by atoms with Crippen molar-refractivity contribution in [3.8, 4) is 5.69 Å². The Bertz CT molecular complexity index is 712. The molecule has 3 rings (SSSR count). The monoisotopic (exact) mass is 329 g/mol. The second kappa shape index (κ2) is 7.31. The van der Waals surface area contributed by atoms with E-state index in [1.54, 1.807) is 12.1 Å². The molecule has 1 aliphatic rings. The predicted octanol–water partition coefficient (Wildman–Crippen LogP) is 4.77. The quantitative estimate of drug-likeness (QED) is 0.740. The number of ether oxygens (including phenoxy) is 1. The third kappa shape index (κ3) is 3.59. The number of aromatic nitrogens is 1. The molecule has 3 nitrogen and oxygen atoms in total. The number of nitrogens with zero attached hydrogens (tertiary/aromatic N) is 1. The molecule has 128 valence electrons. The number of benzene rings is 1. The number of ketones is 1. The van der Waals surface area contributed by atoms with Crippen LogP contribution in [0.25, 0.3) is 5.69 Å². The summed E-state index contributed by atoms with van der Waals surface area (Å²) in [4.78, 5) is 12.6. The van der Waals surface area contributed by atoms with Crippen molar-refractivity contribution in [3.05, 3.63) is 53.1 Å². The number of Topliss-reactive ketones (excluding diaryl/α,β-unsaturated/α-hetero) is 1. The molecule has 1 aromatic heterocycles. The van der Waals surface area contributed by atoms with Gasteiger partial charge in [-0.25, -0.2) is 4.39 Å². The van der Waals surface area contributed by atoms with Gasteiger partial charge in [0.2, 0.25) is 0 Å². The van der Waals surface area contributed by atoms with Crippen LogP contribution in [0.1, 0.15) is 53.8 Å². The molecule has 0 saturated heterocycles. The maximum atomic E-state index is 13.1. The fourth-order valence-corrected chi connectivity index (χ4v) is 3.54. The van der Waals surface area contributed by atoms with Gasteiger partial charge in [0.15, 0.2) is 5.78 Å². The highest BCUT2D eigenvalue weighted by Crippen LogP contribution is 2.23. The van der Waals surface area contributed by atoms with Crippen LogP contribution >= 0.6 is 0 Å². The average molecular weight is 329 g/mol. The highest BCUT2D eigenvalue weighted by molar-refractivity contribution is 5.98. The van der Waals surface area contributed by atoms with Crippen molar-refractivity contribution in [1.82, 2.24) is 4.57 Å². The minimum absolute atomic E-state index is 0.0158. The summed E-state index contributed by atoms with van der Waals surface area (Å²) in [5, 5.41) is 0. The molecule has 0 atom stereocenters. The number of rotatable bonds is 5. The van der Waals surface area contributed by atoms with Crippen LogP contribution in [0.5, 0.6) is 0 Å². The standard InChI is InChI=1S/C20H24FNO2/c1-14-12-19(20(23)13-24-18-6-4-3-5-7-18)15(2)22(14)17-10-8-16(21)9-11-17/h8-12,18H,3-7,13H2,1-2H3. The molecule has 2 aromatic rings. The Hall–Kier alpha value is -1.94. The first-order valence-electron chi connectivity index (χ1n) is 8.66. The van der Waals surface area contributed by atoms with E-state index in [0.717, 1.165) is 29.9 Å². The topological polar surface area (TPSA) is 31.2 Å². The summed E-state index contributed by atoms with van der Waals surface area (Å²) >= 11 is 0. The van der Waals surface area contributed by atoms with Crippen molar-refractivity contribution in [2.45, 2.75) is 52.1 Å². The van der Waals surface area contributed by atoms with E-state index in [2.05, 4.69) is 0 Å². The fourth-order valence-electron chi connectivity index (χ4n) is 3.54. The van der Waals surface area contributed by atoms with Crippen LogP contribution in [-0.4, -0.2) is 23.1 Å². The molecule has 24 heavy (non-hydrogen) atoms. The lowest BCUT2D eigenvalue weighted by molar-refractivity contribution is 0.0284. The number of halogens is 1. The fraction of sp³-hybridized carbons (Fsp3) is 0.450. The van der Waals surface area contributed by atoms with Gasteiger partial charge in [-0.2, -0.15) is 0 Å². The summed E-state index contributed by atoms with van der Waals surface area (Å²) in [7, 11) is 0. The minimum Gasteiger partial charge on any atom is -0.370 e. The van der Waals surface area contributed by atoms with Gasteiger partial charge in [0.25, 0.3) is 0 Å². The molecule has 4 heteroatoms. The van der Waals surface area contributed by atoms with Crippen LogP contribution in [0.2, 0.25) is 0 Å². The van der Waals surface area contributed by atoms with Crippen molar-refractivity contribution in [1.29, 1.82) is 0 Å². The number of carbonyl (C=O) groups is 1. The van der Waals surface area contributed by atoms with E-state index in [-0.39, 0.29) is 24.3 Å². The van der Waals surface area contributed by atoms with Crippen molar-refractivity contribution < 1.29 is 13.9 Å². The number of carbonyl (C=O) groups excluding carboxylic acids is 1. The summed E-state index contributed by atoms with van der Waals surface area (Å²) in [6, 6.07) is 8.21. The molecule has 0 N–H and O–H groups in total.